The molecule has 0 atom stereocenters. The average molecular weight is 343 g/mol. The van der Waals surface area contributed by atoms with Crippen molar-refractivity contribution in [2.24, 2.45) is 0 Å². The van der Waals surface area contributed by atoms with Crippen LogP contribution in [0.2, 0.25) is 0 Å². The van der Waals surface area contributed by atoms with Gasteiger partial charge in [-0.1, -0.05) is 12.8 Å². The molecule has 0 spiro atoms. The summed E-state index contributed by atoms with van der Waals surface area (Å²) < 4.78 is 5.38. The second-order valence-electron chi connectivity index (χ2n) is 4.45. The molecule has 1 aliphatic rings. The Morgan fingerprint density at radius 3 is 2.90 bits per heavy atom. The quantitative estimate of drug-likeness (QED) is 0.623. The smallest absolute Gasteiger partial charge is 0.222 e. The van der Waals surface area contributed by atoms with Crippen molar-refractivity contribution in [3.05, 3.63) is 35.4 Å². The maximum atomic E-state index is 11.7. The van der Waals surface area contributed by atoms with Crippen LogP contribution in [-0.4, -0.2) is 24.5 Å². The molecule has 1 amide bonds. The molecule has 1 aliphatic heterocycles. The van der Waals surface area contributed by atoms with E-state index >= 15 is 0 Å². The van der Waals surface area contributed by atoms with Gasteiger partial charge < -0.3 is 9.64 Å². The van der Waals surface area contributed by atoms with Gasteiger partial charge in [0, 0.05) is 46.2 Å². The van der Waals surface area contributed by atoms with Crippen molar-refractivity contribution in [1.29, 1.82) is 0 Å². The summed E-state index contributed by atoms with van der Waals surface area (Å²) in [6, 6.07) is 5.73. The van der Waals surface area contributed by atoms with Crippen LogP contribution in [-0.2, 0) is 37.5 Å². The molecule has 0 saturated carbocycles. The summed E-state index contributed by atoms with van der Waals surface area (Å²) in [6.07, 6.45) is 9.63. The van der Waals surface area contributed by atoms with Crippen LogP contribution in [0.3, 0.4) is 0 Å². The van der Waals surface area contributed by atoms with Gasteiger partial charge in [0.2, 0.25) is 5.91 Å². The van der Waals surface area contributed by atoms with Gasteiger partial charge in [0.05, 0.1) is 0 Å². The summed E-state index contributed by atoms with van der Waals surface area (Å²) in [6.45, 7) is 2.24. The average Bonchev–Trinajstić information content (AvgIpc) is 2.40. The molecule has 1 heterocycles. The first kappa shape index (κ1) is 16.9. The third-order valence-corrected chi connectivity index (χ3v) is 3.12. The van der Waals surface area contributed by atoms with Gasteiger partial charge in [0.1, 0.15) is 12.4 Å². The monoisotopic (exact) mass is 343 g/mol. The topological polar surface area (TPSA) is 29.5 Å². The number of carbonyl (C=O) groups excluding carboxylic acids is 1. The normalized spacial score (nSPS) is 14.2. The summed E-state index contributed by atoms with van der Waals surface area (Å²) in [7, 11) is 1.78. The van der Waals surface area contributed by atoms with E-state index in [2.05, 4.69) is 12.0 Å². The number of hydrogen-bond acceptors (Lipinski definition) is 2. The maximum Gasteiger partial charge on any atom is 0.222 e. The third kappa shape index (κ3) is 3.71. The summed E-state index contributed by atoms with van der Waals surface area (Å²) in [4.78, 5) is 13.4. The molecule has 0 unspecified atom stereocenters. The molecule has 0 aliphatic carbocycles. The Morgan fingerprint density at radius 2 is 2.25 bits per heavy atom. The van der Waals surface area contributed by atoms with Crippen LogP contribution >= 0.6 is 0 Å². The number of nitrogens with zero attached hydrogens (tertiary/aromatic N) is 1. The van der Waals surface area contributed by atoms with Gasteiger partial charge in [-0.2, -0.15) is 0 Å². The molecule has 1 aromatic rings. The van der Waals surface area contributed by atoms with Gasteiger partial charge in [-0.15, -0.1) is 35.7 Å². The van der Waals surface area contributed by atoms with E-state index < -0.39 is 0 Å². The van der Waals surface area contributed by atoms with Crippen LogP contribution in [0.15, 0.2) is 18.2 Å². The van der Waals surface area contributed by atoms with Crippen LogP contribution in [0.5, 0.6) is 5.75 Å². The number of rotatable bonds is 3. The molecule has 0 fully saturated rings. The number of allylic oxidation sites excluding steroid dienone is 1. The molecule has 0 N–H and O–H groups in total. The van der Waals surface area contributed by atoms with E-state index in [4.69, 9.17) is 11.2 Å². The molecule has 0 saturated heterocycles. The van der Waals surface area contributed by atoms with Crippen molar-refractivity contribution in [2.75, 3.05) is 13.7 Å². The van der Waals surface area contributed by atoms with Crippen molar-refractivity contribution in [1.82, 2.24) is 4.90 Å². The van der Waals surface area contributed by atoms with E-state index in [-0.39, 0.29) is 45.2 Å². The number of hydrogen-bond donors (Lipinski definition) is 0. The van der Waals surface area contributed by atoms with Crippen LogP contribution < -0.4 is 4.74 Å². The van der Waals surface area contributed by atoms with E-state index in [9.17, 15) is 4.79 Å². The van der Waals surface area contributed by atoms with Crippen molar-refractivity contribution >= 4 is 11.6 Å². The summed E-state index contributed by atoms with van der Waals surface area (Å²) in [5.74, 6) is 3.30. The van der Waals surface area contributed by atoms with E-state index in [0.29, 0.717) is 12.8 Å². The Bertz CT molecular complexity index is 572. The fourth-order valence-corrected chi connectivity index (χ4v) is 2.09. The molecule has 1 radical (unpaired) electrons. The summed E-state index contributed by atoms with van der Waals surface area (Å²) in [5, 5.41) is 0. The van der Waals surface area contributed by atoms with Crippen molar-refractivity contribution in [3.8, 4) is 18.1 Å². The first-order valence-electron chi connectivity index (χ1n) is 6.18. The van der Waals surface area contributed by atoms with Crippen LogP contribution in [0, 0.1) is 25.3 Å². The number of carbonyl (C=O) groups is 1. The minimum absolute atomic E-state index is 0. The third-order valence-electron chi connectivity index (χ3n) is 3.12. The Hall–Kier alpha value is -1.11. The molecular weight excluding hydrogens is 327 g/mol. The Balaban J connectivity index is 0.00000200. The van der Waals surface area contributed by atoms with Crippen molar-refractivity contribution < 1.29 is 42.2 Å². The van der Waals surface area contributed by atoms with Crippen molar-refractivity contribution in [2.45, 2.75) is 19.8 Å². The van der Waals surface area contributed by atoms with E-state index in [1.807, 2.05) is 25.1 Å². The molecule has 1 aromatic carbocycles. The Labute approximate surface area is 145 Å². The maximum absolute atomic E-state index is 11.7. The van der Waals surface area contributed by atoms with Gasteiger partial charge in [0.25, 0.3) is 0 Å². The number of amides is 1. The number of benzene rings is 1. The Morgan fingerprint density at radius 1 is 1.50 bits per heavy atom. The van der Waals surface area contributed by atoms with Gasteiger partial charge in [-0.3, -0.25) is 4.79 Å². The van der Waals surface area contributed by atoms with Gasteiger partial charge >= 0.3 is 0 Å². The number of terminal acetylenes is 1. The number of aryl methyl sites for hydroxylation is 1. The zero-order valence-electron chi connectivity index (χ0n) is 11.8. The Kier molecular flexibility index (Phi) is 6.45. The molecule has 2 rings (SSSR count). The predicted molar refractivity (Wildman–Crippen MR) is 74.2 cm³/mol. The van der Waals surface area contributed by atoms with E-state index in [1.54, 1.807) is 11.9 Å². The molecule has 101 valence electrons. The zero-order chi connectivity index (χ0) is 13.8. The zero-order valence-corrected chi connectivity index (χ0v) is 14.6. The van der Waals surface area contributed by atoms with Crippen LogP contribution in [0.25, 0.3) is 5.70 Å². The second-order valence-corrected chi connectivity index (χ2v) is 4.45. The largest absolute Gasteiger partial charge is 0.481 e. The van der Waals surface area contributed by atoms with Gasteiger partial charge in [0.15, 0.2) is 0 Å². The SMILES string of the molecule is C#CCOc1ccc(C2=[C-]CCC(=O)N2C)c(C)c1.[Y]. The fourth-order valence-electron chi connectivity index (χ4n) is 2.09. The van der Waals surface area contributed by atoms with Crippen LogP contribution in [0.1, 0.15) is 24.0 Å². The minimum Gasteiger partial charge on any atom is -0.481 e. The first-order chi connectivity index (χ1) is 9.13. The molecule has 4 heteroatoms. The number of ether oxygens (including phenoxy) is 1. The molecular formula is C16H16NO2Y-. The standard InChI is InChI=1S/C16H16NO2.Y/c1-4-10-19-13-8-9-14(12(2)11-13)15-6-5-7-16(18)17(15)3;/h1,8-9,11H,5,7,10H2,2-3H3;/q-1;. The molecule has 20 heavy (non-hydrogen) atoms. The summed E-state index contributed by atoms with van der Waals surface area (Å²) in [5.41, 5.74) is 2.89. The second kappa shape index (κ2) is 7.62. The minimum atomic E-state index is 0. The molecule has 0 bridgehead atoms. The first-order valence-corrected chi connectivity index (χ1v) is 6.18. The van der Waals surface area contributed by atoms with Gasteiger partial charge in [-0.25, -0.2) is 6.08 Å². The van der Waals surface area contributed by atoms with Crippen LogP contribution in [0.4, 0.5) is 0 Å². The van der Waals surface area contributed by atoms with Gasteiger partial charge in [-0.05, 0) is 12.1 Å². The summed E-state index contributed by atoms with van der Waals surface area (Å²) >= 11 is 0. The van der Waals surface area contributed by atoms with Crippen molar-refractivity contribution in [3.63, 3.8) is 0 Å². The van der Waals surface area contributed by atoms with E-state index in [0.717, 1.165) is 22.6 Å². The molecule has 3 nitrogen and oxygen atoms in total. The molecule has 0 aromatic heterocycles. The fraction of sp³-hybridized carbons (Fsp3) is 0.312. The predicted octanol–water partition coefficient (Wildman–Crippen LogP) is 2.40. The van der Waals surface area contributed by atoms with E-state index in [1.165, 1.54) is 0 Å².